The summed E-state index contributed by atoms with van der Waals surface area (Å²) in [5.74, 6) is 0.944. The van der Waals surface area contributed by atoms with Crippen molar-refractivity contribution in [1.82, 2.24) is 4.72 Å². The Balaban J connectivity index is 2.41. The van der Waals surface area contributed by atoms with Crippen LogP contribution in [0.25, 0.3) is 0 Å². The lowest BCUT2D eigenvalue weighted by molar-refractivity contribution is 0.252. The molecule has 1 rings (SSSR count). The van der Waals surface area contributed by atoms with Gasteiger partial charge in [-0.15, -0.1) is 0 Å². The SMILES string of the molecule is CC(C)C(C)(C)CNS(=O)(=O)CCOc1ccc(N)cc1. The summed E-state index contributed by atoms with van der Waals surface area (Å²) in [4.78, 5) is 0. The molecule has 0 aromatic heterocycles. The van der Waals surface area contributed by atoms with E-state index in [1.807, 2.05) is 13.8 Å². The van der Waals surface area contributed by atoms with Crippen molar-refractivity contribution in [1.29, 1.82) is 0 Å². The quantitative estimate of drug-likeness (QED) is 0.721. The van der Waals surface area contributed by atoms with Crippen LogP contribution in [0.1, 0.15) is 27.7 Å². The van der Waals surface area contributed by atoms with E-state index in [1.54, 1.807) is 24.3 Å². The number of rotatable bonds is 8. The smallest absolute Gasteiger partial charge is 0.214 e. The van der Waals surface area contributed by atoms with Crippen molar-refractivity contribution in [3.05, 3.63) is 24.3 Å². The topological polar surface area (TPSA) is 81.4 Å². The predicted molar refractivity (Wildman–Crippen MR) is 86.8 cm³/mol. The van der Waals surface area contributed by atoms with Gasteiger partial charge in [0.25, 0.3) is 0 Å². The molecule has 5 nitrogen and oxygen atoms in total. The molecule has 0 aliphatic carbocycles. The van der Waals surface area contributed by atoms with Gasteiger partial charge in [0.2, 0.25) is 10.0 Å². The maximum absolute atomic E-state index is 11.9. The summed E-state index contributed by atoms with van der Waals surface area (Å²) in [6.07, 6.45) is 0. The van der Waals surface area contributed by atoms with Crippen LogP contribution in [-0.2, 0) is 10.0 Å². The van der Waals surface area contributed by atoms with E-state index in [4.69, 9.17) is 10.5 Å². The Labute approximate surface area is 127 Å². The van der Waals surface area contributed by atoms with E-state index in [2.05, 4.69) is 18.6 Å². The summed E-state index contributed by atoms with van der Waals surface area (Å²) in [7, 11) is -3.33. The summed E-state index contributed by atoms with van der Waals surface area (Å²) in [6, 6.07) is 6.87. The Morgan fingerprint density at radius 3 is 2.33 bits per heavy atom. The minimum atomic E-state index is -3.33. The molecule has 0 aliphatic rings. The second-order valence-electron chi connectivity index (χ2n) is 6.20. The average Bonchev–Trinajstić information content (AvgIpc) is 2.39. The molecule has 3 N–H and O–H groups in total. The van der Waals surface area contributed by atoms with Gasteiger partial charge in [0.15, 0.2) is 0 Å². The molecule has 0 heterocycles. The van der Waals surface area contributed by atoms with Crippen LogP contribution in [-0.4, -0.2) is 27.3 Å². The van der Waals surface area contributed by atoms with E-state index < -0.39 is 10.0 Å². The number of nitrogens with one attached hydrogen (secondary N) is 1. The van der Waals surface area contributed by atoms with Crippen LogP contribution < -0.4 is 15.2 Å². The molecule has 6 heteroatoms. The Hall–Kier alpha value is -1.27. The first kappa shape index (κ1) is 17.8. The third-order valence-electron chi connectivity index (χ3n) is 3.81. The van der Waals surface area contributed by atoms with Crippen LogP contribution in [0.2, 0.25) is 0 Å². The molecule has 0 radical (unpaired) electrons. The van der Waals surface area contributed by atoms with Gasteiger partial charge in [-0.3, -0.25) is 0 Å². The van der Waals surface area contributed by atoms with Gasteiger partial charge in [0, 0.05) is 12.2 Å². The minimum Gasteiger partial charge on any atom is -0.492 e. The van der Waals surface area contributed by atoms with E-state index in [9.17, 15) is 8.42 Å². The zero-order valence-corrected chi connectivity index (χ0v) is 14.0. The van der Waals surface area contributed by atoms with Gasteiger partial charge >= 0.3 is 0 Å². The van der Waals surface area contributed by atoms with Crippen LogP contribution in [0.3, 0.4) is 0 Å². The van der Waals surface area contributed by atoms with Crippen molar-refractivity contribution in [2.45, 2.75) is 27.7 Å². The predicted octanol–water partition coefficient (Wildman–Crippen LogP) is 2.25. The lowest BCUT2D eigenvalue weighted by Crippen LogP contribution is -2.38. The summed E-state index contributed by atoms with van der Waals surface area (Å²) < 4.78 is 31.9. The first-order valence-corrected chi connectivity index (χ1v) is 8.73. The van der Waals surface area contributed by atoms with Crippen molar-refractivity contribution >= 4 is 15.7 Å². The summed E-state index contributed by atoms with van der Waals surface area (Å²) in [5, 5.41) is 0. The van der Waals surface area contributed by atoms with Gasteiger partial charge in [-0.25, -0.2) is 13.1 Å². The Kier molecular flexibility index (Phi) is 6.04. The van der Waals surface area contributed by atoms with E-state index in [0.717, 1.165) is 0 Å². The second-order valence-corrected chi connectivity index (χ2v) is 8.13. The normalized spacial score (nSPS) is 12.6. The zero-order valence-electron chi connectivity index (χ0n) is 13.2. The summed E-state index contributed by atoms with van der Waals surface area (Å²) >= 11 is 0. The largest absolute Gasteiger partial charge is 0.492 e. The van der Waals surface area contributed by atoms with E-state index in [1.165, 1.54) is 0 Å². The molecule has 0 fully saturated rings. The molecular formula is C15H26N2O3S. The molecule has 0 unspecified atom stereocenters. The highest BCUT2D eigenvalue weighted by atomic mass is 32.2. The molecule has 0 bridgehead atoms. The van der Waals surface area contributed by atoms with Crippen molar-refractivity contribution in [3.63, 3.8) is 0 Å². The maximum Gasteiger partial charge on any atom is 0.214 e. The maximum atomic E-state index is 11.9. The number of anilines is 1. The van der Waals surface area contributed by atoms with Crippen LogP contribution in [0.15, 0.2) is 24.3 Å². The molecule has 0 saturated carbocycles. The van der Waals surface area contributed by atoms with Crippen LogP contribution in [0.4, 0.5) is 5.69 Å². The average molecular weight is 314 g/mol. The minimum absolute atomic E-state index is 0.0639. The fourth-order valence-electron chi connectivity index (χ4n) is 1.41. The fourth-order valence-corrected chi connectivity index (χ4v) is 2.44. The molecule has 0 saturated heterocycles. The van der Waals surface area contributed by atoms with Gasteiger partial charge in [-0.1, -0.05) is 27.7 Å². The van der Waals surface area contributed by atoms with E-state index in [0.29, 0.717) is 23.9 Å². The second kappa shape index (κ2) is 7.13. The highest BCUT2D eigenvalue weighted by Crippen LogP contribution is 2.24. The summed E-state index contributed by atoms with van der Waals surface area (Å²) in [6.45, 7) is 8.80. The van der Waals surface area contributed by atoms with E-state index in [-0.39, 0.29) is 17.8 Å². The number of hydrogen-bond donors (Lipinski definition) is 2. The number of nitrogens with two attached hydrogens (primary N) is 1. The van der Waals surface area contributed by atoms with Crippen molar-refractivity contribution in [2.24, 2.45) is 11.3 Å². The molecule has 1 aromatic rings. The molecule has 120 valence electrons. The fraction of sp³-hybridized carbons (Fsp3) is 0.600. The van der Waals surface area contributed by atoms with Gasteiger partial charge in [0.1, 0.15) is 12.4 Å². The Morgan fingerprint density at radius 1 is 1.24 bits per heavy atom. The van der Waals surface area contributed by atoms with Crippen LogP contribution in [0.5, 0.6) is 5.75 Å². The Morgan fingerprint density at radius 2 is 1.81 bits per heavy atom. The van der Waals surface area contributed by atoms with Gasteiger partial charge in [-0.2, -0.15) is 0 Å². The van der Waals surface area contributed by atoms with Crippen LogP contribution >= 0.6 is 0 Å². The number of hydrogen-bond acceptors (Lipinski definition) is 4. The number of ether oxygens (including phenoxy) is 1. The lowest BCUT2D eigenvalue weighted by atomic mass is 9.81. The van der Waals surface area contributed by atoms with Gasteiger partial charge in [0.05, 0.1) is 5.75 Å². The third kappa shape index (κ3) is 6.35. The summed E-state index contributed by atoms with van der Waals surface area (Å²) in [5.41, 5.74) is 6.14. The van der Waals surface area contributed by atoms with Crippen molar-refractivity contribution < 1.29 is 13.2 Å². The number of nitrogen functional groups attached to an aromatic ring is 1. The lowest BCUT2D eigenvalue weighted by Gasteiger charge is -2.29. The number of sulfonamides is 1. The molecule has 0 atom stereocenters. The third-order valence-corrected chi connectivity index (χ3v) is 5.10. The highest BCUT2D eigenvalue weighted by Gasteiger charge is 2.24. The zero-order chi connectivity index (χ0) is 16.1. The number of benzene rings is 1. The first-order valence-electron chi connectivity index (χ1n) is 7.08. The molecular weight excluding hydrogens is 288 g/mol. The molecule has 0 amide bonds. The van der Waals surface area contributed by atoms with Crippen molar-refractivity contribution in [2.75, 3.05) is 24.6 Å². The standard InChI is InChI=1S/C15H26N2O3S/c1-12(2)15(3,4)11-17-21(18,19)10-9-20-14-7-5-13(16)6-8-14/h5-8,12,17H,9-11,16H2,1-4H3. The molecule has 0 spiro atoms. The van der Waals surface area contributed by atoms with Crippen molar-refractivity contribution in [3.8, 4) is 5.75 Å². The molecule has 21 heavy (non-hydrogen) atoms. The van der Waals surface area contributed by atoms with Crippen LogP contribution in [0, 0.1) is 11.3 Å². The van der Waals surface area contributed by atoms with E-state index >= 15 is 0 Å². The Bertz CT molecular complexity index is 537. The van der Waals surface area contributed by atoms with Gasteiger partial charge in [-0.05, 0) is 35.6 Å². The monoisotopic (exact) mass is 314 g/mol. The molecule has 1 aromatic carbocycles. The first-order chi connectivity index (χ1) is 9.62. The highest BCUT2D eigenvalue weighted by molar-refractivity contribution is 7.89. The van der Waals surface area contributed by atoms with Gasteiger partial charge < -0.3 is 10.5 Å². The molecule has 0 aliphatic heterocycles.